The van der Waals surface area contributed by atoms with Crippen molar-refractivity contribution in [2.75, 3.05) is 0 Å². The van der Waals surface area contributed by atoms with Crippen LogP contribution in [-0.4, -0.2) is 6.21 Å². The van der Waals surface area contributed by atoms with Gasteiger partial charge < -0.3 is 0 Å². The van der Waals surface area contributed by atoms with Crippen LogP contribution in [0, 0.1) is 0 Å². The van der Waals surface area contributed by atoms with Crippen molar-refractivity contribution in [2.24, 2.45) is 4.99 Å². The van der Waals surface area contributed by atoms with E-state index in [2.05, 4.69) is 29.3 Å². The molecule has 0 fully saturated rings. The number of nitrogens with zero attached hydrogens (tertiary/aromatic N) is 1. The van der Waals surface area contributed by atoms with Gasteiger partial charge in [0.15, 0.2) is 0 Å². The van der Waals surface area contributed by atoms with E-state index in [1.165, 1.54) is 5.56 Å². The number of aliphatic imine (C=N–C) groups is 1. The van der Waals surface area contributed by atoms with Crippen molar-refractivity contribution >= 4 is 23.5 Å². The molecule has 0 heterocycles. The molecule has 2 heteroatoms. The molecule has 0 aliphatic rings. The minimum absolute atomic E-state index is 0.725. The van der Waals surface area contributed by atoms with Crippen molar-refractivity contribution in [1.29, 1.82) is 0 Å². The Bertz CT molecular complexity index is 491. The van der Waals surface area contributed by atoms with Gasteiger partial charge in [0.05, 0.1) is 5.69 Å². The minimum Gasteiger partial charge on any atom is -0.261 e. The van der Waals surface area contributed by atoms with Crippen molar-refractivity contribution in [1.82, 2.24) is 0 Å². The SMILES string of the molecule is Clc1cccc(N=CCCc2ccccc2)c1. The predicted molar refractivity (Wildman–Crippen MR) is 74.4 cm³/mol. The maximum atomic E-state index is 5.88. The third kappa shape index (κ3) is 4.04. The molecule has 0 aromatic heterocycles. The minimum atomic E-state index is 0.725. The summed E-state index contributed by atoms with van der Waals surface area (Å²) in [6, 6.07) is 18.0. The Kier molecular flexibility index (Phi) is 4.34. The molecule has 1 nitrogen and oxygen atoms in total. The lowest BCUT2D eigenvalue weighted by Crippen LogP contribution is -1.84. The highest BCUT2D eigenvalue weighted by atomic mass is 35.5. The summed E-state index contributed by atoms with van der Waals surface area (Å²) in [5.74, 6) is 0. The van der Waals surface area contributed by atoms with Crippen LogP contribution in [-0.2, 0) is 6.42 Å². The molecular weight excluding hydrogens is 230 g/mol. The predicted octanol–water partition coefficient (Wildman–Crippen LogP) is 4.68. The molecule has 0 aliphatic heterocycles. The molecule has 0 saturated carbocycles. The summed E-state index contributed by atoms with van der Waals surface area (Å²) in [5, 5.41) is 0.725. The number of halogens is 1. The maximum absolute atomic E-state index is 5.88. The molecule has 0 bridgehead atoms. The van der Waals surface area contributed by atoms with Crippen LogP contribution < -0.4 is 0 Å². The van der Waals surface area contributed by atoms with Gasteiger partial charge in [-0.15, -0.1) is 0 Å². The van der Waals surface area contributed by atoms with Crippen molar-refractivity contribution in [3.05, 3.63) is 65.2 Å². The van der Waals surface area contributed by atoms with Crippen LogP contribution in [0.2, 0.25) is 5.02 Å². The monoisotopic (exact) mass is 243 g/mol. The molecule has 0 radical (unpaired) electrons. The van der Waals surface area contributed by atoms with E-state index in [1.807, 2.05) is 36.5 Å². The largest absolute Gasteiger partial charge is 0.261 e. The molecule has 0 amide bonds. The number of rotatable bonds is 4. The number of aryl methyl sites for hydroxylation is 1. The fourth-order valence-corrected chi connectivity index (χ4v) is 1.79. The van der Waals surface area contributed by atoms with E-state index in [0.717, 1.165) is 23.6 Å². The van der Waals surface area contributed by atoms with Crippen LogP contribution in [0.15, 0.2) is 59.6 Å². The molecule has 2 aromatic carbocycles. The second-order valence-electron chi connectivity index (χ2n) is 3.82. The molecule has 0 aliphatic carbocycles. The van der Waals surface area contributed by atoms with Crippen molar-refractivity contribution < 1.29 is 0 Å². The van der Waals surface area contributed by atoms with Gasteiger partial charge in [-0.3, -0.25) is 4.99 Å². The lowest BCUT2D eigenvalue weighted by atomic mass is 10.1. The van der Waals surface area contributed by atoms with E-state index in [-0.39, 0.29) is 0 Å². The van der Waals surface area contributed by atoms with Crippen LogP contribution in [0.4, 0.5) is 5.69 Å². The van der Waals surface area contributed by atoms with Gasteiger partial charge in [0.1, 0.15) is 0 Å². The van der Waals surface area contributed by atoms with E-state index in [4.69, 9.17) is 11.6 Å². The summed E-state index contributed by atoms with van der Waals surface area (Å²) in [5.41, 5.74) is 2.25. The molecule has 0 atom stereocenters. The highest BCUT2D eigenvalue weighted by molar-refractivity contribution is 6.30. The van der Waals surface area contributed by atoms with Crippen molar-refractivity contribution in [2.45, 2.75) is 12.8 Å². The molecule has 17 heavy (non-hydrogen) atoms. The smallest absolute Gasteiger partial charge is 0.0640 e. The maximum Gasteiger partial charge on any atom is 0.0640 e. The van der Waals surface area contributed by atoms with E-state index >= 15 is 0 Å². The van der Waals surface area contributed by atoms with Gasteiger partial charge in [0.2, 0.25) is 0 Å². The van der Waals surface area contributed by atoms with Gasteiger partial charge in [0, 0.05) is 11.2 Å². The van der Waals surface area contributed by atoms with Crippen LogP contribution in [0.1, 0.15) is 12.0 Å². The fourth-order valence-electron chi connectivity index (χ4n) is 1.60. The van der Waals surface area contributed by atoms with Gasteiger partial charge in [-0.25, -0.2) is 0 Å². The first kappa shape index (κ1) is 11.9. The van der Waals surface area contributed by atoms with Gasteiger partial charge in [-0.2, -0.15) is 0 Å². The fraction of sp³-hybridized carbons (Fsp3) is 0.133. The number of benzene rings is 2. The molecule has 0 spiro atoms. The Labute approximate surface area is 107 Å². The number of hydrogen-bond donors (Lipinski definition) is 0. The lowest BCUT2D eigenvalue weighted by molar-refractivity contribution is 1.05. The molecule has 0 saturated heterocycles. The van der Waals surface area contributed by atoms with Crippen LogP contribution in [0.25, 0.3) is 0 Å². The van der Waals surface area contributed by atoms with E-state index in [1.54, 1.807) is 0 Å². The summed E-state index contributed by atoms with van der Waals surface area (Å²) in [7, 11) is 0. The zero-order valence-electron chi connectivity index (χ0n) is 9.51. The first-order valence-electron chi connectivity index (χ1n) is 5.66. The first-order valence-corrected chi connectivity index (χ1v) is 6.04. The van der Waals surface area contributed by atoms with Crippen LogP contribution >= 0.6 is 11.6 Å². The van der Waals surface area contributed by atoms with Crippen LogP contribution in [0.5, 0.6) is 0 Å². The average molecular weight is 244 g/mol. The van der Waals surface area contributed by atoms with Gasteiger partial charge in [0.25, 0.3) is 0 Å². The van der Waals surface area contributed by atoms with Gasteiger partial charge in [-0.05, 0) is 36.6 Å². The Morgan fingerprint density at radius 3 is 2.59 bits per heavy atom. The van der Waals surface area contributed by atoms with Gasteiger partial charge >= 0.3 is 0 Å². The summed E-state index contributed by atoms with van der Waals surface area (Å²) < 4.78 is 0. The first-order chi connectivity index (χ1) is 8.34. The van der Waals surface area contributed by atoms with E-state index in [9.17, 15) is 0 Å². The second kappa shape index (κ2) is 6.21. The van der Waals surface area contributed by atoms with E-state index < -0.39 is 0 Å². The molecular formula is C15H14ClN. The summed E-state index contributed by atoms with van der Waals surface area (Å²) in [6.45, 7) is 0. The van der Waals surface area contributed by atoms with Crippen LogP contribution in [0.3, 0.4) is 0 Å². The summed E-state index contributed by atoms with van der Waals surface area (Å²) in [4.78, 5) is 4.37. The third-order valence-electron chi connectivity index (χ3n) is 2.45. The summed E-state index contributed by atoms with van der Waals surface area (Å²) in [6.07, 6.45) is 3.90. The molecule has 2 rings (SSSR count). The zero-order valence-corrected chi connectivity index (χ0v) is 10.3. The van der Waals surface area contributed by atoms with Gasteiger partial charge in [-0.1, -0.05) is 48.0 Å². The van der Waals surface area contributed by atoms with Crippen molar-refractivity contribution in [3.63, 3.8) is 0 Å². The second-order valence-corrected chi connectivity index (χ2v) is 4.25. The molecule has 0 N–H and O–H groups in total. The average Bonchev–Trinajstić information content (AvgIpc) is 2.36. The molecule has 0 unspecified atom stereocenters. The zero-order chi connectivity index (χ0) is 11.9. The lowest BCUT2D eigenvalue weighted by Gasteiger charge is -1.97. The topological polar surface area (TPSA) is 12.4 Å². The van der Waals surface area contributed by atoms with Crippen molar-refractivity contribution in [3.8, 4) is 0 Å². The normalized spacial score (nSPS) is 10.9. The van der Waals surface area contributed by atoms with E-state index in [0.29, 0.717) is 0 Å². The Hall–Kier alpha value is -1.60. The molecule has 86 valence electrons. The quantitative estimate of drug-likeness (QED) is 0.692. The summed E-state index contributed by atoms with van der Waals surface area (Å²) >= 11 is 5.88. The highest BCUT2D eigenvalue weighted by Gasteiger charge is 1.91. The highest BCUT2D eigenvalue weighted by Crippen LogP contribution is 2.17. The Morgan fingerprint density at radius 2 is 1.82 bits per heavy atom. The molecule has 2 aromatic rings. The standard InChI is InChI=1S/C15H14ClN/c16-14-9-4-10-15(12-14)17-11-5-8-13-6-2-1-3-7-13/h1-4,6-7,9-12H,5,8H2. The number of hydrogen-bond acceptors (Lipinski definition) is 1. The Morgan fingerprint density at radius 1 is 1.00 bits per heavy atom. The Balaban J connectivity index is 1.86. The third-order valence-corrected chi connectivity index (χ3v) is 2.69.